The Morgan fingerprint density at radius 1 is 1.22 bits per heavy atom. The van der Waals surface area contributed by atoms with E-state index >= 15 is 0 Å². The Labute approximate surface area is 98.6 Å². The molecule has 7 heteroatoms. The number of rotatable bonds is 3. The summed E-state index contributed by atoms with van der Waals surface area (Å²) in [6.45, 7) is -2.83. The first-order valence-electron chi connectivity index (χ1n) is 4.81. The highest BCUT2D eigenvalue weighted by Crippen LogP contribution is 2.23. The van der Waals surface area contributed by atoms with Gasteiger partial charge in [0, 0.05) is 11.8 Å². The molecule has 0 amide bonds. The first kappa shape index (κ1) is 12.3. The van der Waals surface area contributed by atoms with Gasteiger partial charge in [0.15, 0.2) is 6.29 Å². The van der Waals surface area contributed by atoms with Crippen LogP contribution in [0.15, 0.2) is 24.4 Å². The number of aromatic nitrogens is 2. The van der Waals surface area contributed by atoms with Crippen molar-refractivity contribution in [1.82, 2.24) is 9.78 Å². The Bertz CT molecular complexity index is 571. The van der Waals surface area contributed by atoms with E-state index in [1.807, 2.05) is 0 Å². The maximum atomic E-state index is 13.3. The van der Waals surface area contributed by atoms with Gasteiger partial charge in [-0.2, -0.15) is 13.9 Å². The molecule has 0 aliphatic heterocycles. The van der Waals surface area contributed by atoms with Crippen LogP contribution in [0.5, 0.6) is 0 Å². The summed E-state index contributed by atoms with van der Waals surface area (Å²) in [4.78, 5) is 10.4. The number of aldehydes is 1. The van der Waals surface area contributed by atoms with E-state index in [1.165, 1.54) is 6.07 Å². The SMILES string of the molecule is O=Cc1c(F)cc(-c2ccn(C(F)F)n2)cc1F. The topological polar surface area (TPSA) is 34.9 Å². The van der Waals surface area contributed by atoms with Crippen molar-refractivity contribution in [3.05, 3.63) is 41.6 Å². The van der Waals surface area contributed by atoms with Crippen LogP contribution < -0.4 is 0 Å². The minimum atomic E-state index is -2.83. The van der Waals surface area contributed by atoms with E-state index in [1.54, 1.807) is 0 Å². The monoisotopic (exact) mass is 258 g/mol. The van der Waals surface area contributed by atoms with E-state index in [0.29, 0.717) is 4.68 Å². The van der Waals surface area contributed by atoms with Crippen LogP contribution in [0, 0.1) is 11.6 Å². The van der Waals surface area contributed by atoms with E-state index in [-0.39, 0.29) is 17.5 Å². The smallest absolute Gasteiger partial charge is 0.298 e. The molecule has 0 saturated carbocycles. The third-order valence-corrected chi connectivity index (χ3v) is 2.30. The molecule has 0 fully saturated rings. The van der Waals surface area contributed by atoms with Crippen LogP contribution in [-0.2, 0) is 0 Å². The first-order chi connectivity index (χ1) is 8.52. The maximum absolute atomic E-state index is 13.3. The maximum Gasteiger partial charge on any atom is 0.333 e. The Kier molecular flexibility index (Phi) is 3.14. The molecule has 0 saturated heterocycles. The Morgan fingerprint density at radius 2 is 1.83 bits per heavy atom. The molecule has 0 aliphatic rings. The van der Waals surface area contributed by atoms with Crippen LogP contribution in [0.2, 0.25) is 0 Å². The normalized spacial score (nSPS) is 10.9. The summed E-state index contributed by atoms with van der Waals surface area (Å²) in [6.07, 6.45) is 1.04. The number of carbonyl (C=O) groups is 1. The van der Waals surface area contributed by atoms with Gasteiger partial charge in [-0.1, -0.05) is 0 Å². The standard InChI is InChI=1S/C11H6F4N2O/c12-8-3-6(4-9(13)7(8)5-18)10-1-2-17(16-10)11(14)15/h1-5,11H. The fourth-order valence-corrected chi connectivity index (χ4v) is 1.45. The van der Waals surface area contributed by atoms with Gasteiger partial charge >= 0.3 is 6.55 Å². The molecule has 94 valence electrons. The van der Waals surface area contributed by atoms with Crippen LogP contribution in [0.4, 0.5) is 17.6 Å². The molecule has 0 bridgehead atoms. The molecule has 0 atom stereocenters. The first-order valence-corrected chi connectivity index (χ1v) is 4.81. The zero-order valence-corrected chi connectivity index (χ0v) is 8.78. The van der Waals surface area contributed by atoms with Gasteiger partial charge in [-0.05, 0) is 18.2 Å². The minimum absolute atomic E-state index is 0.00875. The summed E-state index contributed by atoms with van der Waals surface area (Å²) in [6, 6.07) is 2.93. The number of alkyl halides is 2. The van der Waals surface area contributed by atoms with Gasteiger partial charge in [-0.3, -0.25) is 4.79 Å². The minimum Gasteiger partial charge on any atom is -0.298 e. The predicted molar refractivity (Wildman–Crippen MR) is 54.2 cm³/mol. The lowest BCUT2D eigenvalue weighted by Gasteiger charge is -2.02. The number of benzene rings is 1. The van der Waals surface area contributed by atoms with Crippen molar-refractivity contribution < 1.29 is 22.4 Å². The van der Waals surface area contributed by atoms with Gasteiger partial charge in [-0.15, -0.1) is 0 Å². The second kappa shape index (κ2) is 4.59. The zero-order valence-electron chi connectivity index (χ0n) is 8.78. The van der Waals surface area contributed by atoms with E-state index in [2.05, 4.69) is 5.10 Å². The Morgan fingerprint density at radius 3 is 2.28 bits per heavy atom. The number of halogens is 4. The number of nitrogens with zero attached hydrogens (tertiary/aromatic N) is 2. The molecular weight excluding hydrogens is 252 g/mol. The molecular formula is C11H6F4N2O. The highest BCUT2D eigenvalue weighted by Gasteiger charge is 2.14. The lowest BCUT2D eigenvalue weighted by Crippen LogP contribution is -1.99. The fourth-order valence-electron chi connectivity index (χ4n) is 1.45. The molecule has 0 spiro atoms. The van der Waals surface area contributed by atoms with Crippen LogP contribution >= 0.6 is 0 Å². The van der Waals surface area contributed by atoms with E-state index in [0.717, 1.165) is 18.3 Å². The molecule has 1 heterocycles. The number of hydrogen-bond acceptors (Lipinski definition) is 2. The molecule has 1 aromatic heterocycles. The number of hydrogen-bond donors (Lipinski definition) is 0. The third-order valence-electron chi connectivity index (χ3n) is 2.30. The molecule has 1 aromatic carbocycles. The van der Waals surface area contributed by atoms with Crippen molar-refractivity contribution in [2.75, 3.05) is 0 Å². The average Bonchev–Trinajstić information content (AvgIpc) is 2.77. The molecule has 0 radical (unpaired) electrons. The van der Waals surface area contributed by atoms with Crippen LogP contribution in [0.25, 0.3) is 11.3 Å². The summed E-state index contributed by atoms with van der Waals surface area (Å²) in [7, 11) is 0. The summed E-state index contributed by atoms with van der Waals surface area (Å²) < 4.78 is 51.5. The second-order valence-corrected chi connectivity index (χ2v) is 3.43. The summed E-state index contributed by atoms with van der Waals surface area (Å²) in [5.74, 6) is -2.13. The van der Waals surface area contributed by atoms with Crippen LogP contribution in [0.3, 0.4) is 0 Å². The molecule has 0 unspecified atom stereocenters. The fraction of sp³-hybridized carbons (Fsp3) is 0.0909. The number of carbonyl (C=O) groups excluding carboxylic acids is 1. The zero-order chi connectivity index (χ0) is 13.3. The highest BCUT2D eigenvalue weighted by atomic mass is 19.3. The average molecular weight is 258 g/mol. The summed E-state index contributed by atoms with van der Waals surface area (Å²) in [5, 5.41) is 3.46. The Hall–Kier alpha value is -2.18. The second-order valence-electron chi connectivity index (χ2n) is 3.43. The highest BCUT2D eigenvalue weighted by molar-refractivity contribution is 5.77. The van der Waals surface area contributed by atoms with Crippen LogP contribution in [-0.4, -0.2) is 16.1 Å². The van der Waals surface area contributed by atoms with Gasteiger partial charge in [-0.25, -0.2) is 13.5 Å². The van der Waals surface area contributed by atoms with Gasteiger partial charge in [0.25, 0.3) is 0 Å². The van der Waals surface area contributed by atoms with E-state index < -0.39 is 23.7 Å². The lowest BCUT2D eigenvalue weighted by molar-refractivity contribution is 0.0568. The van der Waals surface area contributed by atoms with Gasteiger partial charge < -0.3 is 0 Å². The van der Waals surface area contributed by atoms with Crippen molar-refractivity contribution in [3.63, 3.8) is 0 Å². The van der Waals surface area contributed by atoms with Crippen LogP contribution in [0.1, 0.15) is 16.9 Å². The van der Waals surface area contributed by atoms with E-state index in [9.17, 15) is 22.4 Å². The van der Waals surface area contributed by atoms with Gasteiger partial charge in [0.1, 0.15) is 11.6 Å². The largest absolute Gasteiger partial charge is 0.333 e. The van der Waals surface area contributed by atoms with Crippen molar-refractivity contribution in [2.45, 2.75) is 6.55 Å². The van der Waals surface area contributed by atoms with Crippen molar-refractivity contribution >= 4 is 6.29 Å². The van der Waals surface area contributed by atoms with E-state index in [4.69, 9.17) is 0 Å². The molecule has 2 rings (SSSR count). The molecule has 0 N–H and O–H groups in total. The van der Waals surface area contributed by atoms with Gasteiger partial charge in [0.2, 0.25) is 0 Å². The summed E-state index contributed by atoms with van der Waals surface area (Å²) >= 11 is 0. The lowest BCUT2D eigenvalue weighted by atomic mass is 10.1. The molecule has 18 heavy (non-hydrogen) atoms. The Balaban J connectivity index is 2.47. The summed E-state index contributed by atoms with van der Waals surface area (Å²) in [5.41, 5.74) is -0.729. The molecule has 2 aromatic rings. The quantitative estimate of drug-likeness (QED) is 0.626. The predicted octanol–water partition coefficient (Wildman–Crippen LogP) is 3.04. The van der Waals surface area contributed by atoms with Crippen molar-refractivity contribution in [1.29, 1.82) is 0 Å². The van der Waals surface area contributed by atoms with Crippen molar-refractivity contribution in [2.24, 2.45) is 0 Å². The van der Waals surface area contributed by atoms with Gasteiger partial charge in [0.05, 0.1) is 11.3 Å². The molecule has 0 aliphatic carbocycles. The third kappa shape index (κ3) is 2.11. The molecule has 3 nitrogen and oxygen atoms in total. The van der Waals surface area contributed by atoms with Crippen molar-refractivity contribution in [3.8, 4) is 11.3 Å².